The van der Waals surface area contributed by atoms with Crippen LogP contribution in [0.2, 0.25) is 0 Å². The van der Waals surface area contributed by atoms with E-state index < -0.39 is 12.0 Å². The highest BCUT2D eigenvalue weighted by Crippen LogP contribution is 2.38. The molecular weight excluding hydrogens is 794 g/mol. The van der Waals surface area contributed by atoms with Gasteiger partial charge in [0.1, 0.15) is 5.75 Å². The lowest BCUT2D eigenvalue weighted by atomic mass is 9.93. The highest BCUT2D eigenvalue weighted by molar-refractivity contribution is 14.1. The first-order valence-electron chi connectivity index (χ1n) is 13.4. The Hall–Kier alpha value is -3.17. The lowest BCUT2D eigenvalue weighted by Gasteiger charge is -2.26. The number of hydrogen-bond acceptors (Lipinski definition) is 8. The number of ether oxygens (including phenoxy) is 4. The number of methoxy groups -OCH3 is 2. The van der Waals surface area contributed by atoms with Crippen molar-refractivity contribution in [3.05, 3.63) is 110 Å². The summed E-state index contributed by atoms with van der Waals surface area (Å²) in [4.78, 5) is 33.3. The van der Waals surface area contributed by atoms with Crippen LogP contribution in [0.25, 0.3) is 11.8 Å². The van der Waals surface area contributed by atoms with Crippen LogP contribution in [0.3, 0.4) is 0 Å². The Labute approximate surface area is 279 Å². The van der Waals surface area contributed by atoms with Crippen molar-refractivity contribution in [2.45, 2.75) is 19.9 Å². The van der Waals surface area contributed by atoms with Crippen LogP contribution in [0, 0.1) is 7.14 Å². The Morgan fingerprint density at radius 2 is 1.67 bits per heavy atom. The molecule has 4 aromatic rings. The zero-order valence-electron chi connectivity index (χ0n) is 23.9. The predicted molar refractivity (Wildman–Crippen MR) is 184 cm³/mol. The van der Waals surface area contributed by atoms with Crippen molar-refractivity contribution < 1.29 is 23.7 Å². The van der Waals surface area contributed by atoms with Gasteiger partial charge in [0.25, 0.3) is 5.56 Å². The summed E-state index contributed by atoms with van der Waals surface area (Å²) < 4.78 is 26.4. The van der Waals surface area contributed by atoms with Crippen LogP contribution < -0.4 is 29.1 Å². The van der Waals surface area contributed by atoms with Gasteiger partial charge in [-0.2, -0.15) is 0 Å². The van der Waals surface area contributed by atoms with Crippen LogP contribution in [0.1, 0.15) is 36.6 Å². The molecule has 1 atom stereocenters. The van der Waals surface area contributed by atoms with Gasteiger partial charge in [0.05, 0.1) is 56.4 Å². The number of thiazole rings is 1. The number of benzene rings is 3. The van der Waals surface area contributed by atoms with Crippen LogP contribution in [0.5, 0.6) is 17.2 Å². The SMILES string of the molecule is CCOC(=O)C1=C(c2ccccc2)N=c2s/c(=C\c3cc(I)c(OCC)c(I)c3)c(=O)n2[C@H]1c1ccc(OC)c(OC)c1. The summed E-state index contributed by atoms with van der Waals surface area (Å²) in [6, 6.07) is 18.0. The van der Waals surface area contributed by atoms with Gasteiger partial charge >= 0.3 is 5.97 Å². The Bertz CT molecular complexity index is 1880. The second-order valence-corrected chi connectivity index (χ2v) is 12.6. The molecule has 0 N–H and O–H groups in total. The molecule has 1 aliphatic heterocycles. The Morgan fingerprint density at radius 1 is 0.977 bits per heavy atom. The van der Waals surface area contributed by atoms with Crippen molar-refractivity contribution in [1.29, 1.82) is 0 Å². The topological polar surface area (TPSA) is 88.4 Å². The van der Waals surface area contributed by atoms with E-state index in [9.17, 15) is 9.59 Å². The van der Waals surface area contributed by atoms with Gasteiger partial charge < -0.3 is 18.9 Å². The van der Waals surface area contributed by atoms with Gasteiger partial charge in [-0.1, -0.05) is 47.7 Å². The summed E-state index contributed by atoms with van der Waals surface area (Å²) >= 11 is 5.76. The number of hydrogen-bond donors (Lipinski definition) is 0. The molecule has 222 valence electrons. The molecule has 0 amide bonds. The van der Waals surface area contributed by atoms with Crippen molar-refractivity contribution in [1.82, 2.24) is 4.57 Å². The first kappa shape index (κ1) is 31.3. The standard InChI is InChI=1S/C32H28I2N2O6S/c1-5-41-29-21(33)14-18(15-22(29)34)16-25-30(37)36-28(20-12-13-23(39-3)24(17-20)40-4)26(31(38)42-6-2)27(35-32(36)43-25)19-10-8-7-9-11-19/h7-17,28H,5-6H2,1-4H3/b25-16-/t28-/m0/s1. The molecule has 1 aliphatic rings. The number of halogens is 2. The first-order valence-corrected chi connectivity index (χ1v) is 16.4. The minimum Gasteiger partial charge on any atom is -0.493 e. The molecule has 11 heteroatoms. The van der Waals surface area contributed by atoms with Crippen molar-refractivity contribution in [3.8, 4) is 17.2 Å². The largest absolute Gasteiger partial charge is 0.493 e. The fourth-order valence-electron chi connectivity index (χ4n) is 4.88. The zero-order valence-corrected chi connectivity index (χ0v) is 29.0. The molecular formula is C32H28I2N2O6S. The maximum absolute atomic E-state index is 14.2. The van der Waals surface area contributed by atoms with E-state index >= 15 is 0 Å². The van der Waals surface area contributed by atoms with Crippen LogP contribution in [0.4, 0.5) is 0 Å². The van der Waals surface area contributed by atoms with Gasteiger partial charge in [0, 0.05) is 5.56 Å². The summed E-state index contributed by atoms with van der Waals surface area (Å²) in [6.07, 6.45) is 1.85. The number of rotatable bonds is 9. The molecule has 0 fully saturated rings. The normalized spacial score (nSPS) is 14.7. The Balaban J connectivity index is 1.81. The van der Waals surface area contributed by atoms with E-state index in [-0.39, 0.29) is 17.7 Å². The van der Waals surface area contributed by atoms with Crippen molar-refractivity contribution in [2.24, 2.45) is 4.99 Å². The number of aromatic nitrogens is 1. The molecule has 3 aromatic carbocycles. The number of carbonyl (C=O) groups excluding carboxylic acids is 1. The van der Waals surface area contributed by atoms with Crippen LogP contribution in [-0.2, 0) is 9.53 Å². The molecule has 0 aliphatic carbocycles. The quantitative estimate of drug-likeness (QED) is 0.163. The fraction of sp³-hybridized carbons (Fsp3) is 0.219. The second-order valence-electron chi connectivity index (χ2n) is 9.29. The fourth-order valence-corrected chi connectivity index (χ4v) is 8.00. The smallest absolute Gasteiger partial charge is 0.338 e. The molecule has 0 radical (unpaired) electrons. The second kappa shape index (κ2) is 13.6. The molecule has 1 aromatic heterocycles. The van der Waals surface area contributed by atoms with Gasteiger partial charge in [0.2, 0.25) is 0 Å². The highest BCUT2D eigenvalue weighted by atomic mass is 127. The number of fused-ring (bicyclic) bond motifs is 1. The molecule has 2 heterocycles. The summed E-state index contributed by atoms with van der Waals surface area (Å²) in [7, 11) is 3.10. The predicted octanol–water partition coefficient (Wildman–Crippen LogP) is 5.56. The van der Waals surface area contributed by atoms with E-state index in [0.717, 1.165) is 24.0 Å². The third-order valence-electron chi connectivity index (χ3n) is 6.70. The van der Waals surface area contributed by atoms with E-state index in [0.29, 0.717) is 38.7 Å². The summed E-state index contributed by atoms with van der Waals surface area (Å²) in [5, 5.41) is 0. The number of esters is 1. The number of carbonyl (C=O) groups is 1. The summed E-state index contributed by atoms with van der Waals surface area (Å²) in [5.74, 6) is 1.28. The van der Waals surface area contributed by atoms with Gasteiger partial charge in [-0.15, -0.1) is 0 Å². The molecule has 0 bridgehead atoms. The minimum atomic E-state index is -0.826. The zero-order chi connectivity index (χ0) is 30.7. The molecule has 5 rings (SSSR count). The van der Waals surface area contributed by atoms with E-state index in [1.807, 2.05) is 61.5 Å². The third kappa shape index (κ3) is 6.25. The van der Waals surface area contributed by atoms with Gasteiger partial charge in [-0.05, 0) is 100 Å². The van der Waals surface area contributed by atoms with Crippen molar-refractivity contribution >= 4 is 74.3 Å². The lowest BCUT2D eigenvalue weighted by Crippen LogP contribution is -2.40. The lowest BCUT2D eigenvalue weighted by molar-refractivity contribution is -0.138. The van der Waals surface area contributed by atoms with Crippen molar-refractivity contribution in [3.63, 3.8) is 0 Å². The van der Waals surface area contributed by atoms with E-state index in [4.69, 9.17) is 23.9 Å². The van der Waals surface area contributed by atoms with Crippen LogP contribution in [-0.4, -0.2) is 38.0 Å². The van der Waals surface area contributed by atoms with Crippen molar-refractivity contribution in [2.75, 3.05) is 27.4 Å². The average Bonchev–Trinajstić information content (AvgIpc) is 3.32. The molecule has 43 heavy (non-hydrogen) atoms. The molecule has 0 saturated heterocycles. The van der Waals surface area contributed by atoms with Crippen LogP contribution in [0.15, 0.2) is 76.0 Å². The summed E-state index contributed by atoms with van der Waals surface area (Å²) in [6.45, 7) is 4.43. The van der Waals surface area contributed by atoms with E-state index in [1.165, 1.54) is 11.3 Å². The Kier molecular flexibility index (Phi) is 9.92. The molecule has 0 unspecified atom stereocenters. The number of nitrogens with zero attached hydrogens (tertiary/aromatic N) is 2. The van der Waals surface area contributed by atoms with E-state index in [1.54, 1.807) is 37.8 Å². The van der Waals surface area contributed by atoms with Crippen LogP contribution >= 0.6 is 56.5 Å². The Morgan fingerprint density at radius 3 is 2.30 bits per heavy atom. The minimum absolute atomic E-state index is 0.169. The maximum Gasteiger partial charge on any atom is 0.338 e. The molecule has 0 spiro atoms. The van der Waals surface area contributed by atoms with E-state index in [2.05, 4.69) is 45.2 Å². The van der Waals surface area contributed by atoms with Gasteiger partial charge in [-0.3, -0.25) is 9.36 Å². The summed E-state index contributed by atoms with van der Waals surface area (Å²) in [5.41, 5.74) is 2.71. The molecule has 8 nitrogen and oxygen atoms in total. The third-order valence-corrected chi connectivity index (χ3v) is 9.29. The maximum atomic E-state index is 14.2. The van der Waals surface area contributed by atoms with Gasteiger partial charge in [0.15, 0.2) is 16.3 Å². The highest BCUT2D eigenvalue weighted by Gasteiger charge is 2.35. The first-order chi connectivity index (χ1) is 20.8. The molecule has 0 saturated carbocycles. The van der Waals surface area contributed by atoms with Gasteiger partial charge in [-0.25, -0.2) is 9.79 Å². The monoisotopic (exact) mass is 822 g/mol. The average molecular weight is 822 g/mol.